The smallest absolute Gasteiger partial charge is 0.248 e. The van der Waals surface area contributed by atoms with Crippen LogP contribution in [0.15, 0.2) is 30.3 Å². The summed E-state index contributed by atoms with van der Waals surface area (Å²) in [5.74, 6) is 0.481. The molecule has 2 amide bonds. The van der Waals surface area contributed by atoms with Gasteiger partial charge in [0.15, 0.2) is 0 Å². The van der Waals surface area contributed by atoms with Crippen LogP contribution >= 0.6 is 12.4 Å². The fourth-order valence-corrected chi connectivity index (χ4v) is 3.82. The molecular weight excluding hydrogens is 378 g/mol. The Bertz CT molecular complexity index is 608. The van der Waals surface area contributed by atoms with Crippen molar-refractivity contribution in [3.05, 3.63) is 35.9 Å². The number of carbonyl (C=O) groups excluding carboxylic acids is 2. The Kier molecular flexibility index (Phi) is 9.75. The molecule has 1 aromatic carbocycles. The Morgan fingerprint density at radius 1 is 1.18 bits per heavy atom. The van der Waals surface area contributed by atoms with Gasteiger partial charge >= 0.3 is 0 Å². The quantitative estimate of drug-likeness (QED) is 0.642. The third kappa shape index (κ3) is 7.08. The van der Waals surface area contributed by atoms with Crippen LogP contribution in [-0.2, 0) is 20.7 Å². The molecule has 6 nitrogen and oxygen atoms in total. The van der Waals surface area contributed by atoms with Gasteiger partial charge in [-0.05, 0) is 50.1 Å². The Morgan fingerprint density at radius 2 is 2.00 bits per heavy atom. The number of nitrogens with one attached hydrogen (secondary N) is 2. The predicted octanol–water partition coefficient (Wildman–Crippen LogP) is 1.77. The molecule has 156 valence electrons. The molecule has 2 heterocycles. The summed E-state index contributed by atoms with van der Waals surface area (Å²) in [6.07, 6.45) is 4.84. The summed E-state index contributed by atoms with van der Waals surface area (Å²) in [5.41, 5.74) is 1.22. The monoisotopic (exact) mass is 409 g/mol. The van der Waals surface area contributed by atoms with Crippen molar-refractivity contribution in [3.8, 4) is 0 Å². The lowest BCUT2D eigenvalue weighted by Crippen LogP contribution is -2.47. The van der Waals surface area contributed by atoms with Gasteiger partial charge in [-0.3, -0.25) is 9.59 Å². The number of benzene rings is 1. The molecule has 28 heavy (non-hydrogen) atoms. The minimum absolute atomic E-state index is 0. The van der Waals surface area contributed by atoms with E-state index in [9.17, 15) is 9.59 Å². The van der Waals surface area contributed by atoms with Gasteiger partial charge in [-0.2, -0.15) is 0 Å². The predicted molar refractivity (Wildman–Crippen MR) is 112 cm³/mol. The van der Waals surface area contributed by atoms with E-state index < -0.39 is 0 Å². The highest BCUT2D eigenvalue weighted by molar-refractivity contribution is 5.85. The topological polar surface area (TPSA) is 70.7 Å². The summed E-state index contributed by atoms with van der Waals surface area (Å²) < 4.78 is 5.58. The van der Waals surface area contributed by atoms with E-state index in [1.807, 2.05) is 23.1 Å². The van der Waals surface area contributed by atoms with Crippen molar-refractivity contribution < 1.29 is 14.3 Å². The van der Waals surface area contributed by atoms with Crippen LogP contribution in [-0.4, -0.2) is 62.1 Å². The Hall–Kier alpha value is -1.63. The highest BCUT2D eigenvalue weighted by Gasteiger charge is 2.26. The number of halogens is 1. The fraction of sp³-hybridized carbons (Fsp3) is 0.619. The van der Waals surface area contributed by atoms with E-state index in [1.165, 1.54) is 5.56 Å². The molecule has 0 aromatic heterocycles. The number of hydrogen-bond donors (Lipinski definition) is 2. The van der Waals surface area contributed by atoms with Gasteiger partial charge in [0, 0.05) is 19.6 Å². The van der Waals surface area contributed by atoms with Crippen molar-refractivity contribution in [3.63, 3.8) is 0 Å². The second kappa shape index (κ2) is 12.0. The van der Waals surface area contributed by atoms with Crippen molar-refractivity contribution in [1.82, 2.24) is 15.5 Å². The van der Waals surface area contributed by atoms with E-state index in [0.29, 0.717) is 25.6 Å². The van der Waals surface area contributed by atoms with E-state index in [-0.39, 0.29) is 36.9 Å². The van der Waals surface area contributed by atoms with E-state index >= 15 is 0 Å². The van der Waals surface area contributed by atoms with Crippen molar-refractivity contribution in [2.24, 2.45) is 5.92 Å². The summed E-state index contributed by atoms with van der Waals surface area (Å²) in [7, 11) is 0. The van der Waals surface area contributed by atoms with Gasteiger partial charge in [-0.25, -0.2) is 0 Å². The molecule has 2 atom stereocenters. The number of amides is 2. The first-order valence-electron chi connectivity index (χ1n) is 10.1. The lowest BCUT2D eigenvalue weighted by Gasteiger charge is -2.33. The zero-order valence-electron chi connectivity index (χ0n) is 16.4. The first kappa shape index (κ1) is 22.7. The van der Waals surface area contributed by atoms with Crippen molar-refractivity contribution in [1.29, 1.82) is 0 Å². The number of rotatable bonds is 8. The van der Waals surface area contributed by atoms with E-state index in [1.54, 1.807) is 0 Å². The first-order valence-corrected chi connectivity index (χ1v) is 10.1. The maximum absolute atomic E-state index is 12.4. The summed E-state index contributed by atoms with van der Waals surface area (Å²) in [4.78, 5) is 26.4. The maximum atomic E-state index is 12.4. The van der Waals surface area contributed by atoms with Gasteiger partial charge in [0.1, 0.15) is 6.61 Å². The fourth-order valence-electron chi connectivity index (χ4n) is 3.82. The molecule has 2 aliphatic rings. The molecule has 0 radical (unpaired) electrons. The average Bonchev–Trinajstić information content (AvgIpc) is 3.25. The molecule has 0 bridgehead atoms. The minimum atomic E-state index is -0.0376. The molecule has 0 spiro atoms. The molecular formula is C21H32ClN3O3. The number of nitrogens with zero attached hydrogens (tertiary/aromatic N) is 1. The number of likely N-dealkylation sites (tertiary alicyclic amines) is 1. The normalized spacial score (nSPS) is 21.8. The van der Waals surface area contributed by atoms with Crippen LogP contribution in [0.25, 0.3) is 0 Å². The maximum Gasteiger partial charge on any atom is 0.248 e. The molecule has 2 fully saturated rings. The molecule has 0 aliphatic carbocycles. The summed E-state index contributed by atoms with van der Waals surface area (Å²) in [6.45, 7) is 3.76. The molecule has 0 saturated carbocycles. The zero-order valence-corrected chi connectivity index (χ0v) is 17.2. The molecule has 1 aromatic rings. The van der Waals surface area contributed by atoms with Crippen LogP contribution in [0.3, 0.4) is 0 Å². The number of piperidine rings is 1. The third-order valence-electron chi connectivity index (χ3n) is 5.42. The van der Waals surface area contributed by atoms with Crippen LogP contribution in [0.5, 0.6) is 0 Å². The summed E-state index contributed by atoms with van der Waals surface area (Å²) in [5, 5.41) is 6.27. The van der Waals surface area contributed by atoms with Gasteiger partial charge in [-0.1, -0.05) is 30.3 Å². The SMILES string of the molecule is Cl.O=C(NCC1CCCN(C(=O)COCCc2ccccc2)C1)C1CCCN1. The first-order chi connectivity index (χ1) is 13.2. The lowest BCUT2D eigenvalue weighted by atomic mass is 9.97. The van der Waals surface area contributed by atoms with Crippen LogP contribution in [0.2, 0.25) is 0 Å². The Morgan fingerprint density at radius 3 is 2.75 bits per heavy atom. The number of carbonyl (C=O) groups is 2. The van der Waals surface area contributed by atoms with Gasteiger partial charge in [0.25, 0.3) is 0 Å². The van der Waals surface area contributed by atoms with Crippen molar-refractivity contribution >= 4 is 24.2 Å². The lowest BCUT2D eigenvalue weighted by molar-refractivity contribution is -0.137. The minimum Gasteiger partial charge on any atom is -0.371 e. The van der Waals surface area contributed by atoms with Crippen molar-refractivity contribution in [2.45, 2.75) is 38.1 Å². The molecule has 3 rings (SSSR count). The van der Waals surface area contributed by atoms with Gasteiger partial charge < -0.3 is 20.3 Å². The van der Waals surface area contributed by atoms with Gasteiger partial charge in [-0.15, -0.1) is 12.4 Å². The van der Waals surface area contributed by atoms with E-state index in [0.717, 1.165) is 45.2 Å². The largest absolute Gasteiger partial charge is 0.371 e. The third-order valence-corrected chi connectivity index (χ3v) is 5.42. The van der Waals surface area contributed by atoms with Crippen LogP contribution in [0.4, 0.5) is 0 Å². The van der Waals surface area contributed by atoms with E-state index in [4.69, 9.17) is 4.74 Å². The van der Waals surface area contributed by atoms with Gasteiger partial charge in [0.05, 0.1) is 12.6 Å². The Balaban J connectivity index is 0.00000280. The Labute approximate surface area is 173 Å². The average molecular weight is 410 g/mol. The summed E-state index contributed by atoms with van der Waals surface area (Å²) in [6, 6.07) is 10.1. The van der Waals surface area contributed by atoms with E-state index in [2.05, 4.69) is 22.8 Å². The van der Waals surface area contributed by atoms with Crippen molar-refractivity contribution in [2.75, 3.05) is 39.4 Å². The second-order valence-corrected chi connectivity index (χ2v) is 7.53. The number of hydrogen-bond acceptors (Lipinski definition) is 4. The number of ether oxygens (including phenoxy) is 1. The van der Waals surface area contributed by atoms with Crippen LogP contribution < -0.4 is 10.6 Å². The van der Waals surface area contributed by atoms with Crippen LogP contribution in [0.1, 0.15) is 31.2 Å². The molecule has 2 saturated heterocycles. The molecule has 2 N–H and O–H groups in total. The second-order valence-electron chi connectivity index (χ2n) is 7.53. The highest BCUT2D eigenvalue weighted by atomic mass is 35.5. The highest BCUT2D eigenvalue weighted by Crippen LogP contribution is 2.16. The molecule has 2 unspecified atom stereocenters. The van der Waals surface area contributed by atoms with Gasteiger partial charge in [0.2, 0.25) is 11.8 Å². The molecule has 7 heteroatoms. The van der Waals surface area contributed by atoms with Crippen LogP contribution in [0, 0.1) is 5.92 Å². The standard InChI is InChI=1S/C21H31N3O3.ClH/c25-20(16-27-13-10-17-6-2-1-3-7-17)24-12-5-8-18(15-24)14-23-21(26)19-9-4-11-22-19;/h1-3,6-7,18-19,22H,4-5,8-16H2,(H,23,26);1H. The summed E-state index contributed by atoms with van der Waals surface area (Å²) >= 11 is 0. The molecule has 2 aliphatic heterocycles. The zero-order chi connectivity index (χ0) is 18.9.